The smallest absolute Gasteiger partial charge is 0.312 e. The quantitative estimate of drug-likeness (QED) is 0.230. The molecule has 172 valence electrons. The summed E-state index contributed by atoms with van der Waals surface area (Å²) in [6, 6.07) is 0. The van der Waals surface area contributed by atoms with Gasteiger partial charge in [-0.1, -0.05) is 54.0 Å². The molecule has 0 spiro atoms. The molecule has 0 bridgehead atoms. The topological polar surface area (TPSA) is 35.5 Å². The second-order valence-corrected chi connectivity index (χ2v) is 11.8. The Hall–Kier alpha value is -0.830. The second-order valence-electron chi connectivity index (χ2n) is 11.8. The van der Waals surface area contributed by atoms with E-state index in [4.69, 9.17) is 9.47 Å². The maximum atomic E-state index is 13.6. The Balaban J connectivity index is 5.49. The van der Waals surface area contributed by atoms with Crippen molar-refractivity contribution in [2.75, 3.05) is 0 Å². The number of carbonyl (C=O) groups is 1. The van der Waals surface area contributed by atoms with Gasteiger partial charge in [0.1, 0.15) is 5.60 Å². The van der Waals surface area contributed by atoms with Gasteiger partial charge in [-0.2, -0.15) is 0 Å². The highest BCUT2D eigenvalue weighted by Crippen LogP contribution is 2.51. The van der Waals surface area contributed by atoms with E-state index in [9.17, 15) is 4.79 Å². The number of carbonyl (C=O) groups excluding carboxylic acids is 1. The van der Waals surface area contributed by atoms with E-state index in [1.807, 2.05) is 19.9 Å². The van der Waals surface area contributed by atoms with Gasteiger partial charge in [0.15, 0.2) is 0 Å². The van der Waals surface area contributed by atoms with Gasteiger partial charge in [-0.05, 0) is 71.6 Å². The first-order chi connectivity index (χ1) is 12.9. The Morgan fingerprint density at radius 3 is 1.86 bits per heavy atom. The van der Waals surface area contributed by atoms with Crippen molar-refractivity contribution in [1.29, 1.82) is 0 Å². The largest absolute Gasteiger partial charge is 0.459 e. The van der Waals surface area contributed by atoms with Crippen LogP contribution in [0.25, 0.3) is 0 Å². The van der Waals surface area contributed by atoms with Crippen LogP contribution in [-0.2, 0) is 14.3 Å². The molecule has 0 radical (unpaired) electrons. The van der Waals surface area contributed by atoms with Gasteiger partial charge in [-0.3, -0.25) is 4.79 Å². The molecule has 3 heteroatoms. The van der Waals surface area contributed by atoms with Crippen molar-refractivity contribution in [3.05, 3.63) is 12.7 Å². The van der Waals surface area contributed by atoms with Crippen LogP contribution >= 0.6 is 0 Å². The maximum absolute atomic E-state index is 13.6. The van der Waals surface area contributed by atoms with E-state index in [0.717, 1.165) is 25.7 Å². The Kier molecular flexibility index (Phi) is 9.70. The van der Waals surface area contributed by atoms with Crippen LogP contribution in [0.2, 0.25) is 0 Å². The van der Waals surface area contributed by atoms with Gasteiger partial charge in [0.05, 0.1) is 17.1 Å². The third-order valence-corrected chi connectivity index (χ3v) is 6.92. The monoisotopic (exact) mass is 410 g/mol. The summed E-state index contributed by atoms with van der Waals surface area (Å²) < 4.78 is 12.4. The molecule has 0 N–H and O–H groups in total. The normalized spacial score (nSPS) is 16.8. The van der Waals surface area contributed by atoms with Crippen molar-refractivity contribution in [3.8, 4) is 0 Å². The van der Waals surface area contributed by atoms with Crippen LogP contribution < -0.4 is 0 Å². The summed E-state index contributed by atoms with van der Waals surface area (Å²) in [6.07, 6.45) is 6.06. The van der Waals surface area contributed by atoms with Crippen LogP contribution in [0.3, 0.4) is 0 Å². The molecule has 0 aliphatic rings. The minimum absolute atomic E-state index is 0.0229. The average Bonchev–Trinajstić information content (AvgIpc) is 2.52. The summed E-state index contributed by atoms with van der Waals surface area (Å²) in [5, 5.41) is 0. The first-order valence-electron chi connectivity index (χ1n) is 11.4. The van der Waals surface area contributed by atoms with Crippen molar-refractivity contribution in [2.24, 2.45) is 16.2 Å². The molecule has 2 unspecified atom stereocenters. The third kappa shape index (κ3) is 8.44. The predicted molar refractivity (Wildman–Crippen MR) is 125 cm³/mol. The number of hydrogen-bond donors (Lipinski definition) is 0. The zero-order valence-corrected chi connectivity index (χ0v) is 21.6. The van der Waals surface area contributed by atoms with Crippen molar-refractivity contribution < 1.29 is 14.3 Å². The highest BCUT2D eigenvalue weighted by Gasteiger charge is 2.51. The fraction of sp³-hybridized carbons (Fsp3) is 0.885. The van der Waals surface area contributed by atoms with E-state index in [1.54, 1.807) is 0 Å². The fourth-order valence-corrected chi connectivity index (χ4v) is 4.14. The standard InChI is InChI=1S/C26H50O3/c1-14-17-24(9,10)28-20(4)18-25(11,12)29-21(27)26(13,23(7,8)16-3)19-22(5,6)15-2/h14,20H,1,15-19H2,2-13H3. The lowest BCUT2D eigenvalue weighted by Crippen LogP contribution is -2.48. The number of ether oxygens (including phenoxy) is 2. The Labute approximate surface area is 182 Å². The molecule has 0 rings (SSSR count). The molecule has 3 nitrogen and oxygen atoms in total. The van der Waals surface area contributed by atoms with Crippen molar-refractivity contribution >= 4 is 5.97 Å². The van der Waals surface area contributed by atoms with Crippen LogP contribution in [0.1, 0.15) is 115 Å². The predicted octanol–water partition coefficient (Wildman–Crippen LogP) is 7.73. The number of esters is 1. The zero-order valence-electron chi connectivity index (χ0n) is 21.6. The molecule has 29 heavy (non-hydrogen) atoms. The molecule has 2 atom stereocenters. The number of rotatable bonds is 13. The van der Waals surface area contributed by atoms with Gasteiger partial charge >= 0.3 is 5.97 Å². The van der Waals surface area contributed by atoms with Crippen LogP contribution in [0.4, 0.5) is 0 Å². The highest BCUT2D eigenvalue weighted by atomic mass is 16.6. The lowest BCUT2D eigenvalue weighted by atomic mass is 9.58. The van der Waals surface area contributed by atoms with Crippen LogP contribution in [-0.4, -0.2) is 23.3 Å². The minimum atomic E-state index is -0.595. The molecule has 0 aromatic carbocycles. The molecule has 0 aliphatic heterocycles. The summed E-state index contributed by atoms with van der Waals surface area (Å²) in [6.45, 7) is 29.3. The Bertz CT molecular complexity index is 542. The molecule has 0 heterocycles. The van der Waals surface area contributed by atoms with Gasteiger partial charge in [0.25, 0.3) is 0 Å². The van der Waals surface area contributed by atoms with E-state index in [-0.39, 0.29) is 28.5 Å². The van der Waals surface area contributed by atoms with Crippen molar-refractivity contribution in [3.63, 3.8) is 0 Å². The van der Waals surface area contributed by atoms with E-state index < -0.39 is 11.0 Å². The summed E-state index contributed by atoms with van der Waals surface area (Å²) in [5.41, 5.74) is -1.49. The molecular formula is C26H50O3. The summed E-state index contributed by atoms with van der Waals surface area (Å²) in [4.78, 5) is 13.6. The molecular weight excluding hydrogens is 360 g/mol. The lowest BCUT2D eigenvalue weighted by Gasteiger charge is -2.47. The van der Waals surface area contributed by atoms with Gasteiger partial charge in [-0.25, -0.2) is 0 Å². The second kappa shape index (κ2) is 9.98. The minimum Gasteiger partial charge on any atom is -0.459 e. The molecule has 0 aromatic rings. The average molecular weight is 411 g/mol. The summed E-state index contributed by atoms with van der Waals surface area (Å²) >= 11 is 0. The van der Waals surface area contributed by atoms with Gasteiger partial charge in [0.2, 0.25) is 0 Å². The molecule has 0 amide bonds. The maximum Gasteiger partial charge on any atom is 0.312 e. The van der Waals surface area contributed by atoms with E-state index in [1.165, 1.54) is 0 Å². The Morgan fingerprint density at radius 2 is 1.45 bits per heavy atom. The number of hydrogen-bond acceptors (Lipinski definition) is 3. The summed E-state index contributed by atoms with van der Waals surface area (Å²) in [5.74, 6) is -0.0894. The van der Waals surface area contributed by atoms with Gasteiger partial charge in [-0.15, -0.1) is 6.58 Å². The molecule has 0 aliphatic carbocycles. The molecule has 0 saturated carbocycles. The molecule has 0 saturated heterocycles. The van der Waals surface area contributed by atoms with Crippen molar-refractivity contribution in [1.82, 2.24) is 0 Å². The molecule has 0 fully saturated rings. The lowest BCUT2D eigenvalue weighted by molar-refractivity contribution is -0.184. The first-order valence-corrected chi connectivity index (χ1v) is 11.4. The zero-order chi connectivity index (χ0) is 23.3. The highest BCUT2D eigenvalue weighted by molar-refractivity contribution is 5.78. The van der Waals surface area contributed by atoms with Crippen molar-refractivity contribution in [2.45, 2.75) is 132 Å². The van der Waals surface area contributed by atoms with Gasteiger partial charge in [0, 0.05) is 6.42 Å². The van der Waals surface area contributed by atoms with Crippen LogP contribution in [0.5, 0.6) is 0 Å². The first kappa shape index (κ1) is 28.2. The fourth-order valence-electron chi connectivity index (χ4n) is 4.14. The van der Waals surface area contributed by atoms with E-state index >= 15 is 0 Å². The van der Waals surface area contributed by atoms with E-state index in [0.29, 0.717) is 6.42 Å². The summed E-state index contributed by atoms with van der Waals surface area (Å²) in [7, 11) is 0. The molecule has 0 aromatic heterocycles. The third-order valence-electron chi connectivity index (χ3n) is 6.92. The SMILES string of the molecule is C=CCC(C)(C)OC(C)CC(C)(C)OC(=O)C(C)(CC(C)(C)CC)C(C)(C)CC. The van der Waals surface area contributed by atoms with Gasteiger partial charge < -0.3 is 9.47 Å². The Morgan fingerprint density at radius 1 is 0.931 bits per heavy atom. The van der Waals surface area contributed by atoms with Crippen LogP contribution in [0.15, 0.2) is 12.7 Å². The van der Waals surface area contributed by atoms with Crippen LogP contribution in [0, 0.1) is 16.2 Å². The van der Waals surface area contributed by atoms with E-state index in [2.05, 4.69) is 75.8 Å².